The monoisotopic (exact) mass is 599 g/mol. The van der Waals surface area contributed by atoms with Gasteiger partial charge in [-0.3, -0.25) is 14.4 Å². The summed E-state index contributed by atoms with van der Waals surface area (Å²) in [4.78, 5) is 52.3. The molecule has 0 radical (unpaired) electrons. The number of benzene rings is 2. The predicted octanol–water partition coefficient (Wildman–Crippen LogP) is 4.95. The number of carbonyl (C=O) groups is 4. The van der Waals surface area contributed by atoms with E-state index in [1.54, 1.807) is 38.2 Å². The Hall–Kier alpha value is -3.43. The van der Waals surface area contributed by atoms with Gasteiger partial charge in [0.1, 0.15) is 12.1 Å². The van der Waals surface area contributed by atoms with E-state index in [-0.39, 0.29) is 31.0 Å². The zero-order valence-electron chi connectivity index (χ0n) is 24.4. The van der Waals surface area contributed by atoms with E-state index >= 15 is 0 Å². The molecule has 3 N–H and O–H groups in total. The number of hydrogen-bond acceptors (Lipinski definition) is 6. The van der Waals surface area contributed by atoms with Crippen LogP contribution in [-0.4, -0.2) is 59.6 Å². The number of alkyl carbamates (subject to hydrolysis) is 1. The Morgan fingerprint density at radius 3 is 2.50 bits per heavy atom. The SMILES string of the molecule is CC(OC(=O)N[C@@H](CC1CCCCC1)C(=O)NC(O)(C=O)CCC(=O)N(C)CCc1ccccc1)c1cccc(Cl)c1. The van der Waals surface area contributed by atoms with Crippen LogP contribution >= 0.6 is 11.6 Å². The number of carbonyl (C=O) groups excluding carboxylic acids is 4. The molecule has 1 aliphatic carbocycles. The van der Waals surface area contributed by atoms with Gasteiger partial charge in [0.2, 0.25) is 11.8 Å². The molecule has 2 aromatic rings. The van der Waals surface area contributed by atoms with Crippen LogP contribution in [-0.2, 0) is 25.5 Å². The van der Waals surface area contributed by atoms with E-state index in [0.29, 0.717) is 30.0 Å². The van der Waals surface area contributed by atoms with Crippen molar-refractivity contribution < 1.29 is 29.0 Å². The summed E-state index contributed by atoms with van der Waals surface area (Å²) in [7, 11) is 1.66. The minimum Gasteiger partial charge on any atom is -0.442 e. The van der Waals surface area contributed by atoms with E-state index in [0.717, 1.165) is 37.7 Å². The number of amides is 3. The van der Waals surface area contributed by atoms with E-state index in [1.807, 2.05) is 30.3 Å². The van der Waals surface area contributed by atoms with E-state index in [1.165, 1.54) is 4.90 Å². The lowest BCUT2D eigenvalue weighted by Crippen LogP contribution is -2.57. The molecule has 228 valence electrons. The summed E-state index contributed by atoms with van der Waals surface area (Å²) in [6.07, 6.45) is 4.37. The number of aliphatic hydroxyl groups is 1. The van der Waals surface area contributed by atoms with Gasteiger partial charge in [0.25, 0.3) is 0 Å². The summed E-state index contributed by atoms with van der Waals surface area (Å²) in [5.41, 5.74) is -0.484. The van der Waals surface area contributed by atoms with E-state index in [2.05, 4.69) is 10.6 Å². The van der Waals surface area contributed by atoms with Gasteiger partial charge in [0.15, 0.2) is 12.0 Å². The molecule has 9 nitrogen and oxygen atoms in total. The largest absolute Gasteiger partial charge is 0.442 e. The van der Waals surface area contributed by atoms with Crippen molar-refractivity contribution in [3.05, 3.63) is 70.7 Å². The lowest BCUT2D eigenvalue weighted by molar-refractivity contribution is -0.143. The molecule has 2 aromatic carbocycles. The summed E-state index contributed by atoms with van der Waals surface area (Å²) < 4.78 is 5.51. The number of nitrogens with one attached hydrogen (secondary N) is 2. The summed E-state index contributed by atoms with van der Waals surface area (Å²) in [6.45, 7) is 2.16. The normalized spacial score (nSPS) is 16.4. The van der Waals surface area contributed by atoms with Gasteiger partial charge in [-0.1, -0.05) is 86.2 Å². The molecular weight excluding hydrogens is 558 g/mol. The number of hydrogen-bond donors (Lipinski definition) is 3. The van der Waals surface area contributed by atoms with Crippen LogP contribution in [0.3, 0.4) is 0 Å². The predicted molar refractivity (Wildman–Crippen MR) is 161 cm³/mol. The average molecular weight is 600 g/mol. The van der Waals surface area contributed by atoms with Crippen molar-refractivity contribution in [3.63, 3.8) is 0 Å². The highest BCUT2D eigenvalue weighted by atomic mass is 35.5. The zero-order chi connectivity index (χ0) is 30.5. The van der Waals surface area contributed by atoms with Crippen LogP contribution in [0.25, 0.3) is 0 Å². The molecule has 3 rings (SSSR count). The Balaban J connectivity index is 1.59. The Labute approximate surface area is 252 Å². The summed E-state index contributed by atoms with van der Waals surface area (Å²) in [5.74, 6) is -0.785. The number of likely N-dealkylation sites (N-methyl/N-ethyl adjacent to an activating group) is 1. The van der Waals surface area contributed by atoms with Crippen LogP contribution in [0.2, 0.25) is 5.02 Å². The lowest BCUT2D eigenvalue weighted by Gasteiger charge is -2.30. The van der Waals surface area contributed by atoms with Crippen molar-refractivity contribution in [1.82, 2.24) is 15.5 Å². The van der Waals surface area contributed by atoms with Gasteiger partial charge >= 0.3 is 6.09 Å². The minimum atomic E-state index is -2.27. The van der Waals surface area contributed by atoms with Gasteiger partial charge in [0, 0.05) is 31.5 Å². The summed E-state index contributed by atoms with van der Waals surface area (Å²) >= 11 is 6.05. The topological polar surface area (TPSA) is 125 Å². The number of rotatable bonds is 14. The second-order valence-electron chi connectivity index (χ2n) is 11.1. The van der Waals surface area contributed by atoms with E-state index < -0.39 is 29.9 Å². The molecular formula is C32H42ClN3O6. The van der Waals surface area contributed by atoms with Crippen molar-refractivity contribution in [2.75, 3.05) is 13.6 Å². The maximum Gasteiger partial charge on any atom is 0.408 e. The first-order chi connectivity index (χ1) is 20.1. The van der Waals surface area contributed by atoms with Crippen molar-refractivity contribution in [2.24, 2.45) is 5.92 Å². The number of halogens is 1. The lowest BCUT2D eigenvalue weighted by atomic mass is 9.84. The Kier molecular flexibility index (Phi) is 12.8. The molecule has 0 aliphatic heterocycles. The van der Waals surface area contributed by atoms with Gasteiger partial charge in [-0.15, -0.1) is 0 Å². The molecule has 3 atom stereocenters. The second-order valence-corrected chi connectivity index (χ2v) is 11.6. The van der Waals surface area contributed by atoms with Crippen LogP contribution in [0, 0.1) is 5.92 Å². The number of aldehydes is 1. The smallest absolute Gasteiger partial charge is 0.408 e. The first-order valence-corrected chi connectivity index (χ1v) is 15.0. The Morgan fingerprint density at radius 2 is 1.83 bits per heavy atom. The highest BCUT2D eigenvalue weighted by Crippen LogP contribution is 2.28. The third-order valence-electron chi connectivity index (χ3n) is 7.76. The van der Waals surface area contributed by atoms with Crippen LogP contribution in [0.4, 0.5) is 4.79 Å². The molecule has 2 unspecified atom stereocenters. The van der Waals surface area contributed by atoms with Crippen molar-refractivity contribution in [1.29, 1.82) is 0 Å². The fraction of sp³-hybridized carbons (Fsp3) is 0.500. The van der Waals surface area contributed by atoms with Gasteiger partial charge in [-0.05, 0) is 48.9 Å². The summed E-state index contributed by atoms with van der Waals surface area (Å²) in [5, 5.41) is 16.4. The maximum absolute atomic E-state index is 13.4. The molecule has 1 saturated carbocycles. The van der Waals surface area contributed by atoms with Gasteiger partial charge in [-0.25, -0.2) is 4.79 Å². The molecule has 0 aromatic heterocycles. The van der Waals surface area contributed by atoms with Crippen LogP contribution in [0.15, 0.2) is 54.6 Å². The first-order valence-electron chi connectivity index (χ1n) is 14.6. The first kappa shape index (κ1) is 33.1. The van der Waals surface area contributed by atoms with Crippen molar-refractivity contribution in [2.45, 2.75) is 82.6 Å². The van der Waals surface area contributed by atoms with Crippen molar-refractivity contribution in [3.8, 4) is 0 Å². The fourth-order valence-corrected chi connectivity index (χ4v) is 5.36. The molecule has 10 heteroatoms. The van der Waals surface area contributed by atoms with Crippen LogP contribution < -0.4 is 10.6 Å². The Morgan fingerprint density at radius 1 is 1.12 bits per heavy atom. The Bertz CT molecular complexity index is 1190. The summed E-state index contributed by atoms with van der Waals surface area (Å²) in [6, 6.07) is 15.6. The van der Waals surface area contributed by atoms with Gasteiger partial charge in [-0.2, -0.15) is 0 Å². The number of nitrogens with zero attached hydrogens (tertiary/aromatic N) is 1. The highest BCUT2D eigenvalue weighted by Gasteiger charge is 2.35. The fourth-order valence-electron chi connectivity index (χ4n) is 5.16. The number of ether oxygens (including phenoxy) is 1. The third-order valence-corrected chi connectivity index (χ3v) is 8.00. The molecule has 1 fully saturated rings. The molecule has 1 aliphatic rings. The standard InChI is InChI=1S/C32H42ClN3O6/c1-23(26-14-9-15-27(33)21-26)42-31(40)34-28(20-25-12-7-4-8-13-25)30(39)35-32(41,22-37)18-16-29(38)36(2)19-17-24-10-5-3-6-11-24/h3,5-6,9-11,14-15,21-23,25,28,41H,4,7-8,12-13,16-20H2,1-2H3,(H,34,40)(H,35,39)/t23?,28-,32?/m0/s1. The van der Waals surface area contributed by atoms with Crippen LogP contribution in [0.1, 0.15) is 75.5 Å². The second kappa shape index (κ2) is 16.3. The zero-order valence-corrected chi connectivity index (χ0v) is 25.1. The molecule has 3 amide bonds. The molecule has 0 saturated heterocycles. The molecule has 0 spiro atoms. The van der Waals surface area contributed by atoms with Crippen LogP contribution in [0.5, 0.6) is 0 Å². The molecule has 42 heavy (non-hydrogen) atoms. The van der Waals surface area contributed by atoms with Crippen molar-refractivity contribution >= 4 is 35.8 Å². The van der Waals surface area contributed by atoms with E-state index in [9.17, 15) is 24.3 Å². The quantitative estimate of drug-likeness (QED) is 0.208. The minimum absolute atomic E-state index is 0.152. The molecule has 0 heterocycles. The average Bonchev–Trinajstić information content (AvgIpc) is 2.99. The third kappa shape index (κ3) is 10.8. The maximum atomic E-state index is 13.4. The van der Waals surface area contributed by atoms with E-state index in [4.69, 9.17) is 16.3 Å². The highest BCUT2D eigenvalue weighted by molar-refractivity contribution is 6.30. The van der Waals surface area contributed by atoms with Gasteiger partial charge < -0.3 is 25.4 Å². The molecule has 0 bridgehead atoms. The van der Waals surface area contributed by atoms with Gasteiger partial charge in [0.05, 0.1) is 0 Å².